The van der Waals surface area contributed by atoms with Crippen molar-refractivity contribution in [3.8, 4) is 0 Å². The average molecular weight is 362 g/mol. The molecule has 7 nitrogen and oxygen atoms in total. The highest BCUT2D eigenvalue weighted by Gasteiger charge is 2.40. The van der Waals surface area contributed by atoms with E-state index in [4.69, 9.17) is 21.1 Å². The van der Waals surface area contributed by atoms with Crippen molar-refractivity contribution in [3.05, 3.63) is 35.0 Å². The Bertz CT molecular complexity index is 756. The summed E-state index contributed by atoms with van der Waals surface area (Å²) in [4.78, 5) is 6.78. The molecule has 8 heteroatoms. The zero-order chi connectivity index (χ0) is 17.3. The summed E-state index contributed by atoms with van der Waals surface area (Å²) in [7, 11) is 0. The lowest BCUT2D eigenvalue weighted by molar-refractivity contribution is -0.169. The Morgan fingerprint density at radius 3 is 2.72 bits per heavy atom. The first kappa shape index (κ1) is 16.5. The first-order valence-electron chi connectivity index (χ1n) is 8.39. The number of ether oxygens (including phenoxy) is 2. The monoisotopic (exact) mass is 361 g/mol. The third kappa shape index (κ3) is 3.53. The normalized spacial score (nSPS) is 19.4. The maximum Gasteiger partial charge on any atom is 0.249 e. The maximum atomic E-state index is 6.07. The minimum absolute atomic E-state index is 0.393. The lowest BCUT2D eigenvalue weighted by atomic mass is 10.0. The van der Waals surface area contributed by atoms with Crippen molar-refractivity contribution in [2.24, 2.45) is 0 Å². The fourth-order valence-corrected chi connectivity index (χ4v) is 3.38. The molecule has 2 aliphatic rings. The molecule has 25 heavy (non-hydrogen) atoms. The van der Waals surface area contributed by atoms with Crippen LogP contribution in [-0.4, -0.2) is 47.3 Å². The van der Waals surface area contributed by atoms with Crippen molar-refractivity contribution in [1.29, 1.82) is 0 Å². The summed E-state index contributed by atoms with van der Waals surface area (Å²) in [6, 6.07) is 5.66. The molecule has 132 valence electrons. The van der Waals surface area contributed by atoms with Gasteiger partial charge in [0.15, 0.2) is 11.6 Å². The molecule has 0 aliphatic carbocycles. The highest BCUT2D eigenvalue weighted by molar-refractivity contribution is 6.30. The molecular formula is C17H20ClN5O2. The molecule has 1 aromatic heterocycles. The van der Waals surface area contributed by atoms with Crippen LogP contribution >= 0.6 is 11.6 Å². The number of halogens is 1. The highest BCUT2D eigenvalue weighted by Crippen LogP contribution is 2.32. The molecule has 1 N–H and O–H groups in total. The number of hydrogen-bond acceptors (Lipinski definition) is 7. The van der Waals surface area contributed by atoms with E-state index >= 15 is 0 Å². The Morgan fingerprint density at radius 1 is 1.20 bits per heavy atom. The van der Waals surface area contributed by atoms with Gasteiger partial charge in [-0.25, -0.2) is 0 Å². The van der Waals surface area contributed by atoms with Crippen LogP contribution in [0.1, 0.15) is 18.4 Å². The molecule has 4 rings (SSSR count). The van der Waals surface area contributed by atoms with Crippen LogP contribution in [-0.2, 0) is 9.47 Å². The largest absolute Gasteiger partial charge is 0.355 e. The van der Waals surface area contributed by atoms with Gasteiger partial charge in [-0.15, -0.1) is 5.10 Å². The molecule has 0 unspecified atom stereocenters. The molecule has 0 atom stereocenters. The van der Waals surface area contributed by atoms with Crippen LogP contribution in [0, 0.1) is 6.92 Å². The number of benzene rings is 1. The van der Waals surface area contributed by atoms with Crippen LogP contribution in [0.2, 0.25) is 5.02 Å². The highest BCUT2D eigenvalue weighted by atomic mass is 35.5. The number of rotatable bonds is 3. The zero-order valence-electron chi connectivity index (χ0n) is 14.0. The van der Waals surface area contributed by atoms with Gasteiger partial charge >= 0.3 is 0 Å². The van der Waals surface area contributed by atoms with E-state index in [0.717, 1.165) is 43.0 Å². The molecule has 1 spiro atoms. The molecular weight excluding hydrogens is 342 g/mol. The summed E-state index contributed by atoms with van der Waals surface area (Å²) in [6.07, 6.45) is 3.34. The molecule has 0 saturated carbocycles. The number of piperidine rings is 1. The summed E-state index contributed by atoms with van der Waals surface area (Å²) >= 11 is 6.07. The number of hydrogen-bond donors (Lipinski definition) is 1. The van der Waals surface area contributed by atoms with E-state index in [1.165, 1.54) is 0 Å². The Hall–Kier alpha value is -1.96. The van der Waals surface area contributed by atoms with Crippen LogP contribution < -0.4 is 10.2 Å². The average Bonchev–Trinajstić information content (AvgIpc) is 3.07. The summed E-state index contributed by atoms with van der Waals surface area (Å²) in [5.74, 6) is 0.859. The number of aryl methyl sites for hydroxylation is 1. The Morgan fingerprint density at radius 2 is 1.96 bits per heavy atom. The molecule has 2 aromatic rings. The van der Waals surface area contributed by atoms with Crippen molar-refractivity contribution >= 4 is 29.1 Å². The van der Waals surface area contributed by atoms with Gasteiger partial charge in [0.1, 0.15) is 0 Å². The fraction of sp³-hybridized carbons (Fsp3) is 0.471. The molecule has 2 saturated heterocycles. The van der Waals surface area contributed by atoms with E-state index in [1.54, 1.807) is 6.20 Å². The number of anilines is 3. The van der Waals surface area contributed by atoms with E-state index < -0.39 is 5.79 Å². The summed E-state index contributed by atoms with van der Waals surface area (Å²) < 4.78 is 11.5. The van der Waals surface area contributed by atoms with Crippen molar-refractivity contribution < 1.29 is 9.47 Å². The van der Waals surface area contributed by atoms with Gasteiger partial charge in [-0.2, -0.15) is 10.1 Å². The third-order valence-electron chi connectivity index (χ3n) is 4.65. The van der Waals surface area contributed by atoms with Gasteiger partial charge in [-0.1, -0.05) is 17.7 Å². The van der Waals surface area contributed by atoms with Crippen LogP contribution in [0.15, 0.2) is 24.4 Å². The Labute approximate surface area is 151 Å². The first-order chi connectivity index (χ1) is 12.1. The molecule has 2 fully saturated rings. The molecule has 2 aliphatic heterocycles. The number of nitrogens with zero attached hydrogens (tertiary/aromatic N) is 4. The second-order valence-corrected chi connectivity index (χ2v) is 6.75. The van der Waals surface area contributed by atoms with Crippen molar-refractivity contribution in [2.45, 2.75) is 25.6 Å². The van der Waals surface area contributed by atoms with E-state index in [-0.39, 0.29) is 0 Å². The van der Waals surface area contributed by atoms with Gasteiger partial charge in [0.2, 0.25) is 5.95 Å². The molecule has 0 radical (unpaired) electrons. The zero-order valence-corrected chi connectivity index (χ0v) is 14.8. The predicted octanol–water partition coefficient (Wildman–Crippen LogP) is 2.92. The SMILES string of the molecule is Cc1ccc(Cl)cc1Nc1nncc(N2CCC3(CC2)OCCO3)n1. The molecule has 0 amide bonds. The Balaban J connectivity index is 1.47. The van der Waals surface area contributed by atoms with Gasteiger partial charge in [0, 0.05) is 36.6 Å². The van der Waals surface area contributed by atoms with E-state index in [0.29, 0.717) is 24.2 Å². The maximum absolute atomic E-state index is 6.07. The Kier molecular flexibility index (Phi) is 4.45. The lowest BCUT2D eigenvalue weighted by Gasteiger charge is -2.37. The second kappa shape index (κ2) is 6.74. The van der Waals surface area contributed by atoms with Crippen LogP contribution in [0.5, 0.6) is 0 Å². The van der Waals surface area contributed by atoms with Crippen LogP contribution in [0.4, 0.5) is 17.5 Å². The van der Waals surface area contributed by atoms with E-state index in [1.807, 2.05) is 25.1 Å². The van der Waals surface area contributed by atoms with Crippen LogP contribution in [0.25, 0.3) is 0 Å². The summed E-state index contributed by atoms with van der Waals surface area (Å²) in [5.41, 5.74) is 1.94. The third-order valence-corrected chi connectivity index (χ3v) is 4.89. The molecule has 1 aromatic carbocycles. The predicted molar refractivity (Wildman–Crippen MR) is 95.4 cm³/mol. The second-order valence-electron chi connectivity index (χ2n) is 6.32. The molecule has 0 bridgehead atoms. The topological polar surface area (TPSA) is 72.4 Å². The van der Waals surface area contributed by atoms with Gasteiger partial charge in [-0.05, 0) is 24.6 Å². The van der Waals surface area contributed by atoms with Crippen LogP contribution in [0.3, 0.4) is 0 Å². The van der Waals surface area contributed by atoms with Gasteiger partial charge < -0.3 is 19.7 Å². The van der Waals surface area contributed by atoms with Gasteiger partial charge in [0.25, 0.3) is 0 Å². The first-order valence-corrected chi connectivity index (χ1v) is 8.77. The fourth-order valence-electron chi connectivity index (χ4n) is 3.21. The van der Waals surface area contributed by atoms with Gasteiger partial charge in [0.05, 0.1) is 19.4 Å². The quantitative estimate of drug-likeness (QED) is 0.901. The minimum Gasteiger partial charge on any atom is -0.355 e. The number of nitrogens with one attached hydrogen (secondary N) is 1. The van der Waals surface area contributed by atoms with Crippen molar-refractivity contribution in [1.82, 2.24) is 15.2 Å². The van der Waals surface area contributed by atoms with E-state index in [9.17, 15) is 0 Å². The van der Waals surface area contributed by atoms with Gasteiger partial charge in [-0.3, -0.25) is 0 Å². The van der Waals surface area contributed by atoms with E-state index in [2.05, 4.69) is 25.4 Å². The van der Waals surface area contributed by atoms with Crippen molar-refractivity contribution in [2.75, 3.05) is 36.5 Å². The molecule has 3 heterocycles. The smallest absolute Gasteiger partial charge is 0.249 e. The summed E-state index contributed by atoms with van der Waals surface area (Å²) in [6.45, 7) is 4.99. The minimum atomic E-state index is -0.393. The number of aromatic nitrogens is 3. The lowest BCUT2D eigenvalue weighted by Crippen LogP contribution is -2.45. The summed E-state index contributed by atoms with van der Waals surface area (Å²) in [5, 5.41) is 12.0. The standard InChI is InChI=1S/C17H20ClN5O2/c1-12-2-3-13(18)10-14(12)20-16-21-15(11-19-22-16)23-6-4-17(5-7-23)24-8-9-25-17/h2-3,10-11H,4-9H2,1H3,(H,20,21,22). The van der Waals surface area contributed by atoms with Crippen molar-refractivity contribution in [3.63, 3.8) is 0 Å².